The molecular formula is C16H17BrFN3O4S. The van der Waals surface area contributed by atoms with Gasteiger partial charge in [-0.25, -0.2) is 22.8 Å². The Kier molecular flexibility index (Phi) is 5.73. The smallest absolute Gasteiger partial charge is 0.316 e. The Morgan fingerprint density at radius 3 is 2.69 bits per heavy atom. The molecule has 0 radical (unpaired) electrons. The van der Waals surface area contributed by atoms with Gasteiger partial charge in [-0.2, -0.15) is 4.31 Å². The van der Waals surface area contributed by atoms with Crippen molar-refractivity contribution < 1.29 is 22.3 Å². The Balaban J connectivity index is 1.75. The van der Waals surface area contributed by atoms with Crippen LogP contribution in [0.4, 0.5) is 4.39 Å². The molecule has 1 fully saturated rings. The fourth-order valence-corrected chi connectivity index (χ4v) is 4.41. The van der Waals surface area contributed by atoms with E-state index in [1.54, 1.807) is 12.4 Å². The summed E-state index contributed by atoms with van der Waals surface area (Å²) in [5.41, 5.74) is 0. The van der Waals surface area contributed by atoms with E-state index in [2.05, 4.69) is 25.9 Å². The SMILES string of the molecule is COc1ccc(S(=O)(=O)N2CCCC(Oc3ncc(Br)cn3)C2)cc1F. The third-order valence-corrected chi connectivity index (χ3v) is 6.24. The average Bonchev–Trinajstić information content (AvgIpc) is 2.64. The summed E-state index contributed by atoms with van der Waals surface area (Å²) in [5, 5.41) is 0. The molecule has 140 valence electrons. The zero-order valence-electron chi connectivity index (χ0n) is 13.9. The van der Waals surface area contributed by atoms with E-state index in [1.165, 1.54) is 23.5 Å². The number of aromatic nitrogens is 2. The summed E-state index contributed by atoms with van der Waals surface area (Å²) < 4.78 is 52.0. The van der Waals surface area contributed by atoms with Gasteiger partial charge >= 0.3 is 6.01 Å². The first-order valence-electron chi connectivity index (χ1n) is 7.88. The van der Waals surface area contributed by atoms with E-state index in [4.69, 9.17) is 9.47 Å². The molecule has 10 heteroatoms. The predicted octanol–water partition coefficient (Wildman–Crippen LogP) is 2.62. The molecule has 0 N–H and O–H groups in total. The van der Waals surface area contributed by atoms with Gasteiger partial charge in [-0.1, -0.05) is 0 Å². The van der Waals surface area contributed by atoms with E-state index in [0.29, 0.717) is 19.4 Å². The second-order valence-corrected chi connectivity index (χ2v) is 8.58. The van der Waals surface area contributed by atoms with E-state index < -0.39 is 15.8 Å². The van der Waals surface area contributed by atoms with Gasteiger partial charge in [0.2, 0.25) is 10.0 Å². The summed E-state index contributed by atoms with van der Waals surface area (Å²) in [4.78, 5) is 7.96. The van der Waals surface area contributed by atoms with Crippen LogP contribution in [0.2, 0.25) is 0 Å². The molecule has 0 saturated carbocycles. The summed E-state index contributed by atoms with van der Waals surface area (Å²) in [7, 11) is -2.51. The first-order valence-corrected chi connectivity index (χ1v) is 10.1. The van der Waals surface area contributed by atoms with Crippen molar-refractivity contribution in [1.29, 1.82) is 0 Å². The van der Waals surface area contributed by atoms with Crippen LogP contribution in [0, 0.1) is 5.82 Å². The van der Waals surface area contributed by atoms with Crippen molar-refractivity contribution in [3.05, 3.63) is 40.9 Å². The van der Waals surface area contributed by atoms with Gasteiger partial charge in [0.15, 0.2) is 11.6 Å². The molecule has 1 aromatic carbocycles. The van der Waals surface area contributed by atoms with Gasteiger partial charge < -0.3 is 9.47 Å². The van der Waals surface area contributed by atoms with E-state index in [9.17, 15) is 12.8 Å². The lowest BCUT2D eigenvalue weighted by atomic mass is 10.1. The largest absolute Gasteiger partial charge is 0.494 e. The van der Waals surface area contributed by atoms with E-state index in [0.717, 1.165) is 10.5 Å². The first-order chi connectivity index (χ1) is 12.4. The Labute approximate surface area is 159 Å². The van der Waals surface area contributed by atoms with Crippen LogP contribution < -0.4 is 9.47 Å². The summed E-state index contributed by atoms with van der Waals surface area (Å²) in [5.74, 6) is -0.724. The third-order valence-electron chi connectivity index (χ3n) is 3.97. The monoisotopic (exact) mass is 445 g/mol. The minimum absolute atomic E-state index is 0.00353. The van der Waals surface area contributed by atoms with Crippen LogP contribution in [0.15, 0.2) is 40.0 Å². The van der Waals surface area contributed by atoms with Gasteiger partial charge in [-0.15, -0.1) is 0 Å². The lowest BCUT2D eigenvalue weighted by Gasteiger charge is -2.31. The lowest BCUT2D eigenvalue weighted by Crippen LogP contribution is -2.44. The molecule has 0 aliphatic carbocycles. The van der Waals surface area contributed by atoms with Crippen molar-refractivity contribution in [3.63, 3.8) is 0 Å². The lowest BCUT2D eigenvalue weighted by molar-refractivity contribution is 0.119. The van der Waals surface area contributed by atoms with Crippen LogP contribution >= 0.6 is 15.9 Å². The number of rotatable bonds is 5. The van der Waals surface area contributed by atoms with Gasteiger partial charge in [-0.05, 0) is 47.0 Å². The Morgan fingerprint density at radius 2 is 2.04 bits per heavy atom. The number of hydrogen-bond acceptors (Lipinski definition) is 6. The molecule has 1 aliphatic rings. The Hall–Kier alpha value is -1.78. The van der Waals surface area contributed by atoms with Crippen molar-refractivity contribution in [2.24, 2.45) is 0 Å². The Bertz CT molecular complexity index is 880. The van der Waals surface area contributed by atoms with Crippen molar-refractivity contribution in [2.45, 2.75) is 23.8 Å². The number of methoxy groups -OCH3 is 1. The molecule has 2 heterocycles. The van der Waals surface area contributed by atoms with Crippen LogP contribution in [0.3, 0.4) is 0 Å². The summed E-state index contributed by atoms with van der Waals surface area (Å²) in [6.45, 7) is 0.493. The molecule has 0 spiro atoms. The fraction of sp³-hybridized carbons (Fsp3) is 0.375. The minimum Gasteiger partial charge on any atom is -0.494 e. The highest BCUT2D eigenvalue weighted by Gasteiger charge is 2.32. The maximum atomic E-state index is 13.9. The maximum Gasteiger partial charge on any atom is 0.316 e. The number of benzene rings is 1. The fourth-order valence-electron chi connectivity index (χ4n) is 2.69. The second kappa shape index (κ2) is 7.85. The molecule has 3 rings (SSSR count). The summed E-state index contributed by atoms with van der Waals surface area (Å²) in [6, 6.07) is 3.79. The number of halogens is 2. The van der Waals surface area contributed by atoms with E-state index >= 15 is 0 Å². The molecule has 1 aromatic heterocycles. The van der Waals surface area contributed by atoms with Crippen molar-refractivity contribution in [2.75, 3.05) is 20.2 Å². The van der Waals surface area contributed by atoms with Gasteiger partial charge in [0, 0.05) is 18.9 Å². The molecule has 2 aromatic rings. The molecule has 1 saturated heterocycles. The normalized spacial score (nSPS) is 18.5. The molecular weight excluding hydrogens is 429 g/mol. The van der Waals surface area contributed by atoms with Gasteiger partial charge in [0.25, 0.3) is 0 Å². The zero-order valence-corrected chi connectivity index (χ0v) is 16.3. The molecule has 7 nitrogen and oxygen atoms in total. The highest BCUT2D eigenvalue weighted by atomic mass is 79.9. The van der Waals surface area contributed by atoms with Gasteiger partial charge in [0.1, 0.15) is 6.10 Å². The topological polar surface area (TPSA) is 81.6 Å². The number of hydrogen-bond donors (Lipinski definition) is 0. The van der Waals surface area contributed by atoms with E-state index in [-0.39, 0.29) is 29.3 Å². The van der Waals surface area contributed by atoms with Crippen molar-refractivity contribution in [1.82, 2.24) is 14.3 Å². The predicted molar refractivity (Wildman–Crippen MR) is 95.1 cm³/mol. The van der Waals surface area contributed by atoms with Crippen LogP contribution in [-0.4, -0.2) is 49.0 Å². The molecule has 1 aliphatic heterocycles. The number of nitrogens with zero attached hydrogens (tertiary/aromatic N) is 3. The number of piperidine rings is 1. The summed E-state index contributed by atoms with van der Waals surface area (Å²) in [6.07, 6.45) is 4.05. The number of ether oxygens (including phenoxy) is 2. The maximum absolute atomic E-state index is 13.9. The quantitative estimate of drug-likeness (QED) is 0.703. The highest BCUT2D eigenvalue weighted by molar-refractivity contribution is 9.10. The van der Waals surface area contributed by atoms with Crippen molar-refractivity contribution >= 4 is 26.0 Å². The van der Waals surface area contributed by atoms with Crippen molar-refractivity contribution in [3.8, 4) is 11.8 Å². The minimum atomic E-state index is -3.83. The van der Waals surface area contributed by atoms with Crippen LogP contribution in [0.1, 0.15) is 12.8 Å². The number of sulfonamides is 1. The molecule has 26 heavy (non-hydrogen) atoms. The average molecular weight is 446 g/mol. The Morgan fingerprint density at radius 1 is 1.31 bits per heavy atom. The summed E-state index contributed by atoms with van der Waals surface area (Å²) >= 11 is 3.24. The first kappa shape index (κ1) is 19.0. The van der Waals surface area contributed by atoms with Crippen LogP contribution in [0.5, 0.6) is 11.8 Å². The molecule has 0 bridgehead atoms. The van der Waals surface area contributed by atoms with E-state index in [1.807, 2.05) is 0 Å². The molecule has 1 atom stereocenters. The standard InChI is InChI=1S/C16H17BrFN3O4S/c1-24-15-5-4-13(7-14(15)18)26(22,23)21-6-2-3-12(10-21)25-16-19-8-11(17)9-20-16/h4-5,7-9,12H,2-3,6,10H2,1H3. The van der Waals surface area contributed by atoms with Gasteiger partial charge in [0.05, 0.1) is 23.0 Å². The molecule has 0 amide bonds. The van der Waals surface area contributed by atoms with Gasteiger partial charge in [-0.3, -0.25) is 0 Å². The van der Waals surface area contributed by atoms with Crippen LogP contribution in [-0.2, 0) is 10.0 Å². The second-order valence-electron chi connectivity index (χ2n) is 5.73. The zero-order chi connectivity index (χ0) is 18.7. The van der Waals surface area contributed by atoms with Crippen LogP contribution in [0.25, 0.3) is 0 Å². The third kappa shape index (κ3) is 4.13. The highest BCUT2D eigenvalue weighted by Crippen LogP contribution is 2.26. The molecule has 1 unspecified atom stereocenters.